The van der Waals surface area contributed by atoms with Crippen molar-refractivity contribution in [1.29, 1.82) is 0 Å². The standard InChI is InChI=1S/C34H48F3NO2Si/c1-21(2)29-27-28(26-24(38-29)19-32(6,7)20-25(26)40-41(8,9)31(3,4)5)33(17-11-10-12-18-33)39-30(27)22-13-15-23(16-14-22)34(35,36)37/h13-16,21,25,30H,10-12,17-20H2,1-9H3/t25-,30+/m0/s1. The lowest BCUT2D eigenvalue weighted by atomic mass is 9.68. The summed E-state index contributed by atoms with van der Waals surface area (Å²) in [6, 6.07) is 5.60. The van der Waals surface area contributed by atoms with E-state index in [-0.39, 0.29) is 22.5 Å². The first-order chi connectivity index (χ1) is 18.9. The molecular weight excluding hydrogens is 539 g/mol. The van der Waals surface area contributed by atoms with Crippen molar-refractivity contribution in [3.8, 4) is 0 Å². The van der Waals surface area contributed by atoms with E-state index >= 15 is 0 Å². The van der Waals surface area contributed by atoms with Crippen LogP contribution in [-0.4, -0.2) is 13.3 Å². The normalized spacial score (nSPS) is 24.0. The minimum absolute atomic E-state index is 0.0432. The van der Waals surface area contributed by atoms with Crippen LogP contribution in [0.2, 0.25) is 18.1 Å². The van der Waals surface area contributed by atoms with E-state index < -0.39 is 31.8 Å². The minimum atomic E-state index is -4.37. The first kappa shape index (κ1) is 30.7. The van der Waals surface area contributed by atoms with Gasteiger partial charge in [-0.1, -0.05) is 79.9 Å². The zero-order valence-electron chi connectivity index (χ0n) is 26.4. The molecule has 2 heterocycles. The van der Waals surface area contributed by atoms with E-state index in [0.717, 1.165) is 61.0 Å². The molecule has 1 aromatic heterocycles. The highest BCUT2D eigenvalue weighted by molar-refractivity contribution is 6.74. The lowest BCUT2D eigenvalue weighted by Gasteiger charge is -2.46. The summed E-state index contributed by atoms with van der Waals surface area (Å²) < 4.78 is 54.8. The summed E-state index contributed by atoms with van der Waals surface area (Å²) in [6.07, 6.45) is 2.07. The van der Waals surface area contributed by atoms with Gasteiger partial charge in [-0.15, -0.1) is 0 Å². The van der Waals surface area contributed by atoms with Crippen LogP contribution in [0.15, 0.2) is 24.3 Å². The van der Waals surface area contributed by atoms with Crippen molar-refractivity contribution in [3.05, 3.63) is 63.5 Å². The summed E-state index contributed by atoms with van der Waals surface area (Å²) in [5, 5.41) is 0.0605. The van der Waals surface area contributed by atoms with Gasteiger partial charge in [0.25, 0.3) is 0 Å². The molecule has 5 rings (SSSR count). The third kappa shape index (κ3) is 5.56. The molecule has 3 aliphatic rings. The molecular formula is C34H48F3NO2Si. The molecule has 1 aliphatic heterocycles. The molecule has 1 fully saturated rings. The molecule has 226 valence electrons. The maximum atomic E-state index is 13.5. The fourth-order valence-corrected chi connectivity index (χ4v) is 8.31. The van der Waals surface area contributed by atoms with Gasteiger partial charge in [0.1, 0.15) is 6.10 Å². The molecule has 2 aliphatic carbocycles. The molecule has 0 unspecified atom stereocenters. The molecule has 0 saturated heterocycles. The second-order valence-corrected chi connectivity index (χ2v) is 20.1. The van der Waals surface area contributed by atoms with E-state index in [0.29, 0.717) is 0 Å². The van der Waals surface area contributed by atoms with Crippen molar-refractivity contribution >= 4 is 8.32 Å². The highest BCUT2D eigenvalue weighted by atomic mass is 28.4. The largest absolute Gasteiger partial charge is 0.416 e. The zero-order valence-corrected chi connectivity index (χ0v) is 27.4. The van der Waals surface area contributed by atoms with E-state index in [1.54, 1.807) is 12.1 Å². The predicted octanol–water partition coefficient (Wildman–Crippen LogP) is 10.5. The Labute approximate surface area is 245 Å². The molecule has 2 atom stereocenters. The number of rotatable bonds is 4. The van der Waals surface area contributed by atoms with E-state index in [2.05, 4.69) is 61.6 Å². The molecule has 1 aromatic carbocycles. The fourth-order valence-electron chi connectivity index (χ4n) is 7.04. The van der Waals surface area contributed by atoms with Gasteiger partial charge in [0.15, 0.2) is 8.32 Å². The maximum Gasteiger partial charge on any atom is 0.416 e. The van der Waals surface area contributed by atoms with Crippen LogP contribution < -0.4 is 0 Å². The van der Waals surface area contributed by atoms with Crippen LogP contribution in [-0.2, 0) is 27.4 Å². The number of halogens is 3. The lowest BCUT2D eigenvalue weighted by Crippen LogP contribution is -2.44. The highest BCUT2D eigenvalue weighted by Crippen LogP contribution is 2.60. The van der Waals surface area contributed by atoms with E-state index in [4.69, 9.17) is 14.1 Å². The van der Waals surface area contributed by atoms with Crippen molar-refractivity contribution in [1.82, 2.24) is 4.98 Å². The topological polar surface area (TPSA) is 31.4 Å². The van der Waals surface area contributed by atoms with Crippen molar-refractivity contribution in [3.63, 3.8) is 0 Å². The predicted molar refractivity (Wildman–Crippen MR) is 161 cm³/mol. The van der Waals surface area contributed by atoms with Crippen LogP contribution in [0.4, 0.5) is 13.2 Å². The second kappa shape index (κ2) is 10.2. The summed E-state index contributed by atoms with van der Waals surface area (Å²) in [5.41, 5.74) is 5.44. The van der Waals surface area contributed by atoms with Gasteiger partial charge in [0.2, 0.25) is 0 Å². The van der Waals surface area contributed by atoms with Crippen LogP contribution >= 0.6 is 0 Å². The summed E-state index contributed by atoms with van der Waals surface area (Å²) in [4.78, 5) is 5.41. The number of aromatic nitrogens is 1. The summed E-state index contributed by atoms with van der Waals surface area (Å²) in [5.74, 6) is 0.151. The van der Waals surface area contributed by atoms with Crippen molar-refractivity contribution in [2.45, 2.75) is 141 Å². The molecule has 2 aromatic rings. The molecule has 0 amide bonds. The molecule has 1 saturated carbocycles. The van der Waals surface area contributed by atoms with Gasteiger partial charge in [0, 0.05) is 22.5 Å². The zero-order chi connectivity index (χ0) is 30.2. The Hall–Kier alpha value is -1.70. The quantitative estimate of drug-likeness (QED) is 0.334. The van der Waals surface area contributed by atoms with E-state index in [1.165, 1.54) is 29.7 Å². The average Bonchev–Trinajstić information content (AvgIpc) is 3.15. The first-order valence-electron chi connectivity index (χ1n) is 15.5. The molecule has 0 radical (unpaired) electrons. The van der Waals surface area contributed by atoms with Gasteiger partial charge in [0.05, 0.1) is 17.3 Å². The number of hydrogen-bond donors (Lipinski definition) is 0. The Morgan fingerprint density at radius 3 is 2.12 bits per heavy atom. The Balaban J connectivity index is 1.76. The van der Waals surface area contributed by atoms with Crippen LogP contribution in [0.5, 0.6) is 0 Å². The Morgan fingerprint density at radius 2 is 1.59 bits per heavy atom. The maximum absolute atomic E-state index is 13.5. The van der Waals surface area contributed by atoms with Gasteiger partial charge >= 0.3 is 6.18 Å². The first-order valence-corrected chi connectivity index (χ1v) is 18.4. The van der Waals surface area contributed by atoms with Crippen LogP contribution in [0.3, 0.4) is 0 Å². The number of ether oxygens (including phenoxy) is 1. The monoisotopic (exact) mass is 587 g/mol. The van der Waals surface area contributed by atoms with Gasteiger partial charge < -0.3 is 9.16 Å². The summed E-state index contributed by atoms with van der Waals surface area (Å²) in [7, 11) is -2.13. The van der Waals surface area contributed by atoms with Crippen LogP contribution in [0, 0.1) is 5.41 Å². The van der Waals surface area contributed by atoms with Crippen LogP contribution in [0.1, 0.15) is 144 Å². The van der Waals surface area contributed by atoms with Crippen molar-refractivity contribution in [2.24, 2.45) is 5.41 Å². The highest BCUT2D eigenvalue weighted by Gasteiger charge is 2.53. The lowest BCUT2D eigenvalue weighted by molar-refractivity contribution is -0.137. The van der Waals surface area contributed by atoms with Crippen LogP contribution in [0.25, 0.3) is 0 Å². The molecule has 1 spiro atoms. The fraction of sp³-hybridized carbons (Fsp3) is 0.676. The Kier molecular flexibility index (Phi) is 7.64. The van der Waals surface area contributed by atoms with Crippen molar-refractivity contribution in [2.75, 3.05) is 0 Å². The number of benzene rings is 1. The van der Waals surface area contributed by atoms with Gasteiger partial charge in [-0.2, -0.15) is 13.2 Å². The molecule has 7 heteroatoms. The second-order valence-electron chi connectivity index (χ2n) is 15.4. The summed E-state index contributed by atoms with van der Waals surface area (Å²) >= 11 is 0. The SMILES string of the molecule is CC(C)c1nc2c(c3c1[C@@H](c1ccc(C(F)(F)F)cc1)OC31CCCCC1)[C@@H](O[Si](C)(C)C(C)(C)C)CC(C)(C)C2. The van der Waals surface area contributed by atoms with Gasteiger partial charge in [-0.25, -0.2) is 0 Å². The third-order valence-corrected chi connectivity index (χ3v) is 14.6. The average molecular weight is 588 g/mol. The van der Waals surface area contributed by atoms with Gasteiger partial charge in [-0.05, 0) is 78.4 Å². The number of fused-ring (bicyclic) bond motifs is 4. The Morgan fingerprint density at radius 1 is 0.976 bits per heavy atom. The van der Waals surface area contributed by atoms with Gasteiger partial charge in [-0.3, -0.25) is 4.98 Å². The number of nitrogens with zero attached hydrogens (tertiary/aromatic N) is 1. The number of alkyl halides is 3. The third-order valence-electron chi connectivity index (χ3n) is 10.1. The van der Waals surface area contributed by atoms with E-state index in [9.17, 15) is 13.2 Å². The molecule has 41 heavy (non-hydrogen) atoms. The smallest absolute Gasteiger partial charge is 0.410 e. The molecule has 0 bridgehead atoms. The number of hydrogen-bond acceptors (Lipinski definition) is 3. The van der Waals surface area contributed by atoms with Crippen molar-refractivity contribution < 1.29 is 22.3 Å². The summed E-state index contributed by atoms with van der Waals surface area (Å²) in [6.45, 7) is 20.5. The molecule has 3 nitrogen and oxygen atoms in total. The Bertz CT molecular complexity index is 1290. The van der Waals surface area contributed by atoms with E-state index in [1.807, 2.05) is 0 Å². The minimum Gasteiger partial charge on any atom is -0.410 e. The molecule has 0 N–H and O–H groups in total. The number of pyridine rings is 1.